The standard InChI is InChI=1S/C17H26OSi/c1-4-7-13-18-19(14-5-2,15-6-3)16-17-11-9-8-10-12-17/h5-6,8-12H,2-4,7,13-16H2,1H3. The van der Waals surface area contributed by atoms with Crippen LogP contribution in [0.3, 0.4) is 0 Å². The number of unbranched alkanes of at least 4 members (excludes halogenated alkanes) is 1. The lowest BCUT2D eigenvalue weighted by atomic mass is 10.2. The topological polar surface area (TPSA) is 9.23 Å². The average Bonchev–Trinajstić information content (AvgIpc) is 2.41. The summed E-state index contributed by atoms with van der Waals surface area (Å²) in [5.74, 6) is 0. The van der Waals surface area contributed by atoms with Crippen LogP contribution in [-0.2, 0) is 10.5 Å². The molecular formula is C17H26OSi. The zero-order valence-electron chi connectivity index (χ0n) is 12.1. The molecule has 1 aromatic rings. The van der Waals surface area contributed by atoms with Gasteiger partial charge in [0, 0.05) is 6.61 Å². The van der Waals surface area contributed by atoms with Crippen molar-refractivity contribution >= 4 is 8.32 Å². The SMILES string of the molecule is C=CC[Si](CC=C)(Cc1ccccc1)OCCCC. The van der Waals surface area contributed by atoms with Gasteiger partial charge in [-0.3, -0.25) is 0 Å². The predicted octanol–water partition coefficient (Wildman–Crippen LogP) is 4.90. The first-order valence-electron chi connectivity index (χ1n) is 7.16. The van der Waals surface area contributed by atoms with E-state index in [4.69, 9.17) is 4.43 Å². The van der Waals surface area contributed by atoms with E-state index >= 15 is 0 Å². The summed E-state index contributed by atoms with van der Waals surface area (Å²) in [7, 11) is -1.81. The lowest BCUT2D eigenvalue weighted by molar-refractivity contribution is 0.293. The molecular weight excluding hydrogens is 248 g/mol. The maximum absolute atomic E-state index is 6.35. The Bertz CT molecular complexity index is 362. The first-order valence-corrected chi connectivity index (χ1v) is 9.69. The monoisotopic (exact) mass is 274 g/mol. The van der Waals surface area contributed by atoms with Gasteiger partial charge < -0.3 is 4.43 Å². The molecule has 0 spiro atoms. The van der Waals surface area contributed by atoms with E-state index in [2.05, 4.69) is 50.4 Å². The Kier molecular flexibility index (Phi) is 7.45. The summed E-state index contributed by atoms with van der Waals surface area (Å²) in [6, 6.07) is 13.7. The van der Waals surface area contributed by atoms with Crippen LogP contribution in [0.15, 0.2) is 55.6 Å². The van der Waals surface area contributed by atoms with Gasteiger partial charge >= 0.3 is 0 Å². The van der Waals surface area contributed by atoms with Gasteiger partial charge in [-0.1, -0.05) is 55.8 Å². The van der Waals surface area contributed by atoms with Crippen LogP contribution in [0.25, 0.3) is 0 Å². The molecule has 0 saturated carbocycles. The molecule has 0 saturated heterocycles. The molecule has 0 radical (unpaired) electrons. The van der Waals surface area contributed by atoms with Crippen LogP contribution in [-0.4, -0.2) is 14.9 Å². The second-order valence-corrected chi connectivity index (χ2v) is 8.86. The van der Waals surface area contributed by atoms with Crippen LogP contribution >= 0.6 is 0 Å². The molecule has 0 fully saturated rings. The lowest BCUT2D eigenvalue weighted by Crippen LogP contribution is -2.40. The second-order valence-electron chi connectivity index (χ2n) is 5.03. The first-order chi connectivity index (χ1) is 9.26. The highest BCUT2D eigenvalue weighted by Crippen LogP contribution is 2.24. The summed E-state index contributed by atoms with van der Waals surface area (Å²) in [5.41, 5.74) is 1.37. The third-order valence-corrected chi connectivity index (χ3v) is 7.24. The van der Waals surface area contributed by atoms with Crippen molar-refractivity contribution in [1.29, 1.82) is 0 Å². The van der Waals surface area contributed by atoms with Crippen molar-refractivity contribution in [1.82, 2.24) is 0 Å². The second kappa shape index (κ2) is 8.89. The van der Waals surface area contributed by atoms with Crippen LogP contribution in [0, 0.1) is 0 Å². The molecule has 0 unspecified atom stereocenters. The highest BCUT2D eigenvalue weighted by Gasteiger charge is 2.32. The maximum Gasteiger partial charge on any atom is 0.204 e. The third kappa shape index (κ3) is 5.58. The Morgan fingerprint density at radius 1 is 1.11 bits per heavy atom. The lowest BCUT2D eigenvalue weighted by Gasteiger charge is -2.30. The van der Waals surface area contributed by atoms with E-state index in [0.29, 0.717) is 0 Å². The molecule has 1 rings (SSSR count). The number of hydrogen-bond donors (Lipinski definition) is 0. The Morgan fingerprint density at radius 2 is 1.74 bits per heavy atom. The summed E-state index contributed by atoms with van der Waals surface area (Å²) in [6.07, 6.45) is 6.35. The summed E-state index contributed by atoms with van der Waals surface area (Å²) < 4.78 is 6.35. The Balaban J connectivity index is 2.80. The van der Waals surface area contributed by atoms with Gasteiger partial charge in [0.1, 0.15) is 0 Å². The first kappa shape index (κ1) is 15.9. The van der Waals surface area contributed by atoms with E-state index in [1.807, 2.05) is 12.2 Å². The number of hydrogen-bond acceptors (Lipinski definition) is 1. The molecule has 104 valence electrons. The fraction of sp³-hybridized carbons (Fsp3) is 0.412. The van der Waals surface area contributed by atoms with Gasteiger partial charge in [0.2, 0.25) is 8.32 Å². The molecule has 0 aliphatic rings. The summed E-state index contributed by atoms with van der Waals surface area (Å²) in [4.78, 5) is 0. The van der Waals surface area contributed by atoms with E-state index < -0.39 is 8.32 Å². The molecule has 0 atom stereocenters. The maximum atomic E-state index is 6.35. The highest BCUT2D eigenvalue weighted by atomic mass is 28.4. The van der Waals surface area contributed by atoms with Gasteiger partial charge in [0.25, 0.3) is 0 Å². The molecule has 1 nitrogen and oxygen atoms in total. The number of allylic oxidation sites excluding steroid dienone is 2. The molecule has 19 heavy (non-hydrogen) atoms. The van der Waals surface area contributed by atoms with Crippen molar-refractivity contribution < 1.29 is 4.43 Å². The largest absolute Gasteiger partial charge is 0.416 e. The van der Waals surface area contributed by atoms with Gasteiger partial charge in [-0.15, -0.1) is 13.2 Å². The van der Waals surface area contributed by atoms with Gasteiger partial charge in [0.05, 0.1) is 0 Å². The molecule has 0 N–H and O–H groups in total. The Hall–Kier alpha value is -1.12. The minimum atomic E-state index is -1.81. The number of benzene rings is 1. The van der Waals surface area contributed by atoms with E-state index in [1.165, 1.54) is 12.0 Å². The fourth-order valence-corrected chi connectivity index (χ4v) is 5.73. The number of rotatable bonds is 10. The summed E-state index contributed by atoms with van der Waals surface area (Å²) in [5, 5.41) is 0. The van der Waals surface area contributed by atoms with Crippen LogP contribution in [0.5, 0.6) is 0 Å². The minimum Gasteiger partial charge on any atom is -0.416 e. The highest BCUT2D eigenvalue weighted by molar-refractivity contribution is 6.74. The van der Waals surface area contributed by atoms with E-state index in [0.717, 1.165) is 31.2 Å². The van der Waals surface area contributed by atoms with E-state index in [9.17, 15) is 0 Å². The van der Waals surface area contributed by atoms with Crippen molar-refractivity contribution in [2.75, 3.05) is 6.61 Å². The van der Waals surface area contributed by atoms with Gasteiger partial charge in [-0.2, -0.15) is 0 Å². The average molecular weight is 274 g/mol. The molecule has 0 amide bonds. The molecule has 2 heteroatoms. The van der Waals surface area contributed by atoms with Crippen LogP contribution < -0.4 is 0 Å². The zero-order valence-corrected chi connectivity index (χ0v) is 13.1. The molecule has 0 heterocycles. The van der Waals surface area contributed by atoms with E-state index in [1.54, 1.807) is 0 Å². The quantitative estimate of drug-likeness (QED) is 0.335. The van der Waals surface area contributed by atoms with E-state index in [-0.39, 0.29) is 0 Å². The zero-order chi connectivity index (χ0) is 14.0. The molecule has 1 aromatic carbocycles. The van der Waals surface area contributed by atoms with Crippen LogP contribution in [0.4, 0.5) is 0 Å². The Labute approximate surface area is 119 Å². The van der Waals surface area contributed by atoms with Crippen LogP contribution in [0.1, 0.15) is 25.3 Å². The summed E-state index contributed by atoms with van der Waals surface area (Å²) in [6.45, 7) is 10.9. The fourth-order valence-electron chi connectivity index (χ4n) is 2.32. The third-order valence-electron chi connectivity index (χ3n) is 3.31. The van der Waals surface area contributed by atoms with Gasteiger partial charge in [-0.05, 0) is 30.1 Å². The molecule has 0 aromatic heterocycles. The smallest absolute Gasteiger partial charge is 0.204 e. The van der Waals surface area contributed by atoms with Crippen molar-refractivity contribution in [2.24, 2.45) is 0 Å². The van der Waals surface area contributed by atoms with Crippen molar-refractivity contribution in [3.8, 4) is 0 Å². The van der Waals surface area contributed by atoms with Crippen molar-refractivity contribution in [3.05, 3.63) is 61.2 Å². The molecule has 0 bridgehead atoms. The predicted molar refractivity (Wildman–Crippen MR) is 86.8 cm³/mol. The van der Waals surface area contributed by atoms with Crippen molar-refractivity contribution in [3.63, 3.8) is 0 Å². The minimum absolute atomic E-state index is 0.872. The molecule has 0 aliphatic heterocycles. The normalized spacial score (nSPS) is 11.2. The Morgan fingerprint density at radius 3 is 2.26 bits per heavy atom. The van der Waals surface area contributed by atoms with Crippen molar-refractivity contribution in [2.45, 2.75) is 37.9 Å². The van der Waals surface area contributed by atoms with Crippen LogP contribution in [0.2, 0.25) is 12.1 Å². The van der Waals surface area contributed by atoms with Gasteiger partial charge in [-0.25, -0.2) is 0 Å². The molecule has 0 aliphatic carbocycles. The summed E-state index contributed by atoms with van der Waals surface area (Å²) >= 11 is 0. The van der Waals surface area contributed by atoms with Gasteiger partial charge in [0.15, 0.2) is 0 Å².